The summed E-state index contributed by atoms with van der Waals surface area (Å²) in [7, 11) is 0. The monoisotopic (exact) mass is 350 g/mol. The van der Waals surface area contributed by atoms with Crippen molar-refractivity contribution in [1.82, 2.24) is 0 Å². The van der Waals surface area contributed by atoms with E-state index in [1.807, 2.05) is 12.1 Å². The van der Waals surface area contributed by atoms with Crippen molar-refractivity contribution < 1.29 is 0 Å². The third kappa shape index (κ3) is 3.55. The Bertz CT molecular complexity index is 557. The zero-order valence-corrected chi connectivity index (χ0v) is 12.6. The lowest BCUT2D eigenvalue weighted by molar-refractivity contribution is 1.43. The first kappa shape index (κ1) is 12.6. The van der Waals surface area contributed by atoms with Crippen molar-refractivity contribution in [3.8, 4) is 0 Å². The van der Waals surface area contributed by atoms with Crippen LogP contribution in [0.15, 0.2) is 51.4 Å². The molecular weight excluding hydrogens is 340 g/mol. The lowest BCUT2D eigenvalue weighted by Crippen LogP contribution is -1.80. The van der Waals surface area contributed by atoms with E-state index in [4.69, 9.17) is 0 Å². The number of benzene rings is 2. The Kier molecular flexibility index (Phi) is 4.19. The van der Waals surface area contributed by atoms with E-state index >= 15 is 0 Å². The molecule has 0 nitrogen and oxygen atoms in total. The van der Waals surface area contributed by atoms with E-state index in [0.29, 0.717) is 0 Å². The van der Waals surface area contributed by atoms with Crippen molar-refractivity contribution in [2.45, 2.75) is 6.92 Å². The number of rotatable bonds is 2. The third-order valence-corrected chi connectivity index (χ3v) is 3.52. The molecule has 0 radical (unpaired) electrons. The molecule has 0 aliphatic carbocycles. The van der Waals surface area contributed by atoms with E-state index in [0.717, 1.165) is 8.95 Å². The molecule has 0 aromatic heterocycles. The van der Waals surface area contributed by atoms with Gasteiger partial charge >= 0.3 is 0 Å². The highest BCUT2D eigenvalue weighted by atomic mass is 79.9. The Morgan fingerprint density at radius 3 is 2.35 bits per heavy atom. The summed E-state index contributed by atoms with van der Waals surface area (Å²) in [5.41, 5.74) is 3.71. The normalized spacial score (nSPS) is 11.0. The molecule has 86 valence electrons. The van der Waals surface area contributed by atoms with Gasteiger partial charge in [-0.1, -0.05) is 62.2 Å². The molecule has 0 aliphatic rings. The first-order chi connectivity index (χ1) is 8.15. The van der Waals surface area contributed by atoms with Crippen LogP contribution in [0, 0.1) is 6.92 Å². The predicted octanol–water partition coefficient (Wildman–Crippen LogP) is 5.69. The molecule has 0 aliphatic heterocycles. The second-order valence-electron chi connectivity index (χ2n) is 3.89. The van der Waals surface area contributed by atoms with E-state index in [-0.39, 0.29) is 0 Å². The van der Waals surface area contributed by atoms with Crippen molar-refractivity contribution in [2.75, 3.05) is 0 Å². The molecule has 0 unspecified atom stereocenters. The van der Waals surface area contributed by atoms with Crippen LogP contribution in [0.3, 0.4) is 0 Å². The van der Waals surface area contributed by atoms with Crippen LogP contribution in [0.4, 0.5) is 0 Å². The van der Waals surface area contributed by atoms with Gasteiger partial charge in [0.05, 0.1) is 0 Å². The quantitative estimate of drug-likeness (QED) is 0.609. The van der Waals surface area contributed by atoms with Crippen LogP contribution >= 0.6 is 31.9 Å². The van der Waals surface area contributed by atoms with Gasteiger partial charge in [-0.3, -0.25) is 0 Å². The Morgan fingerprint density at radius 2 is 1.65 bits per heavy atom. The molecule has 0 N–H and O–H groups in total. The van der Waals surface area contributed by atoms with Gasteiger partial charge in [-0.05, 0) is 47.9 Å². The minimum Gasteiger partial charge on any atom is -0.0606 e. The summed E-state index contributed by atoms with van der Waals surface area (Å²) in [6, 6.07) is 14.6. The molecule has 0 saturated carbocycles. The maximum atomic E-state index is 3.47. The van der Waals surface area contributed by atoms with Crippen molar-refractivity contribution >= 4 is 44.0 Å². The highest BCUT2D eigenvalue weighted by Gasteiger charge is 1.95. The summed E-state index contributed by atoms with van der Waals surface area (Å²) in [6.45, 7) is 2.12. The molecule has 0 fully saturated rings. The van der Waals surface area contributed by atoms with Gasteiger partial charge in [-0.15, -0.1) is 0 Å². The zero-order valence-electron chi connectivity index (χ0n) is 9.45. The third-order valence-electron chi connectivity index (χ3n) is 2.54. The Labute approximate surface area is 119 Å². The van der Waals surface area contributed by atoms with Gasteiger partial charge in [0.1, 0.15) is 0 Å². The highest BCUT2D eigenvalue weighted by molar-refractivity contribution is 9.10. The van der Waals surface area contributed by atoms with E-state index in [2.05, 4.69) is 81.3 Å². The minimum absolute atomic E-state index is 1.10. The second kappa shape index (κ2) is 5.65. The van der Waals surface area contributed by atoms with E-state index < -0.39 is 0 Å². The van der Waals surface area contributed by atoms with Gasteiger partial charge in [0.25, 0.3) is 0 Å². The van der Waals surface area contributed by atoms with Crippen LogP contribution in [-0.4, -0.2) is 0 Å². The van der Waals surface area contributed by atoms with Gasteiger partial charge in [0.2, 0.25) is 0 Å². The molecule has 0 saturated heterocycles. The average Bonchev–Trinajstić information content (AvgIpc) is 2.28. The maximum Gasteiger partial charge on any atom is 0.0181 e. The van der Waals surface area contributed by atoms with Gasteiger partial charge in [0, 0.05) is 8.95 Å². The Balaban J connectivity index is 2.26. The van der Waals surface area contributed by atoms with E-state index in [1.54, 1.807) is 0 Å². The number of hydrogen-bond donors (Lipinski definition) is 0. The van der Waals surface area contributed by atoms with Crippen LogP contribution in [0.5, 0.6) is 0 Å². The summed E-state index contributed by atoms with van der Waals surface area (Å²) in [5, 5.41) is 0. The first-order valence-electron chi connectivity index (χ1n) is 5.35. The van der Waals surface area contributed by atoms with Crippen LogP contribution in [-0.2, 0) is 0 Å². The summed E-state index contributed by atoms with van der Waals surface area (Å²) < 4.78 is 2.22. The molecule has 0 bridgehead atoms. The molecule has 0 amide bonds. The number of hydrogen-bond acceptors (Lipinski definition) is 0. The minimum atomic E-state index is 1.10. The van der Waals surface area contributed by atoms with Crippen LogP contribution in [0.25, 0.3) is 12.2 Å². The summed E-state index contributed by atoms with van der Waals surface area (Å²) in [4.78, 5) is 0. The van der Waals surface area contributed by atoms with Crippen LogP contribution in [0.2, 0.25) is 0 Å². The standard InChI is InChI=1S/C15H12Br2/c1-11-9-15(17)8-7-13(11)6-5-12-3-2-4-14(16)10-12/h2-10H,1H3. The summed E-state index contributed by atoms with van der Waals surface area (Å²) in [6.07, 6.45) is 4.27. The number of aryl methyl sites for hydroxylation is 1. The van der Waals surface area contributed by atoms with E-state index in [9.17, 15) is 0 Å². The number of halogens is 2. The fourth-order valence-corrected chi connectivity index (χ4v) is 2.51. The Hall–Kier alpha value is -0.860. The van der Waals surface area contributed by atoms with Crippen molar-refractivity contribution in [3.63, 3.8) is 0 Å². The first-order valence-corrected chi connectivity index (χ1v) is 6.93. The van der Waals surface area contributed by atoms with Crippen molar-refractivity contribution in [3.05, 3.63) is 68.1 Å². The molecule has 2 rings (SSSR count). The fraction of sp³-hybridized carbons (Fsp3) is 0.0667. The second-order valence-corrected chi connectivity index (χ2v) is 5.72. The van der Waals surface area contributed by atoms with Crippen molar-refractivity contribution in [1.29, 1.82) is 0 Å². The van der Waals surface area contributed by atoms with Crippen LogP contribution in [0.1, 0.15) is 16.7 Å². The maximum absolute atomic E-state index is 3.47. The molecule has 2 aromatic carbocycles. The fourth-order valence-electron chi connectivity index (χ4n) is 1.62. The predicted molar refractivity (Wildman–Crippen MR) is 81.9 cm³/mol. The summed E-state index contributed by atoms with van der Waals surface area (Å²) >= 11 is 6.94. The van der Waals surface area contributed by atoms with Crippen molar-refractivity contribution in [2.24, 2.45) is 0 Å². The van der Waals surface area contributed by atoms with E-state index in [1.165, 1.54) is 16.7 Å². The molecule has 0 atom stereocenters. The topological polar surface area (TPSA) is 0 Å². The molecule has 0 spiro atoms. The zero-order chi connectivity index (χ0) is 12.3. The molecule has 17 heavy (non-hydrogen) atoms. The highest BCUT2D eigenvalue weighted by Crippen LogP contribution is 2.19. The molecule has 2 aromatic rings. The average molecular weight is 352 g/mol. The van der Waals surface area contributed by atoms with Gasteiger partial charge in [-0.2, -0.15) is 0 Å². The molecule has 2 heteroatoms. The Morgan fingerprint density at radius 1 is 0.882 bits per heavy atom. The summed E-state index contributed by atoms with van der Waals surface area (Å²) in [5.74, 6) is 0. The largest absolute Gasteiger partial charge is 0.0606 e. The van der Waals surface area contributed by atoms with Crippen LogP contribution < -0.4 is 0 Å². The SMILES string of the molecule is Cc1cc(Br)ccc1C=Cc1cccc(Br)c1. The van der Waals surface area contributed by atoms with Gasteiger partial charge < -0.3 is 0 Å². The smallest absolute Gasteiger partial charge is 0.0181 e. The van der Waals surface area contributed by atoms with Gasteiger partial charge in [0.15, 0.2) is 0 Å². The molecule has 0 heterocycles. The lowest BCUT2D eigenvalue weighted by atomic mass is 10.1. The molecular formula is C15H12Br2. The lowest BCUT2D eigenvalue weighted by Gasteiger charge is -2.01. The van der Waals surface area contributed by atoms with Gasteiger partial charge in [-0.25, -0.2) is 0 Å².